The number of esters is 1. The molecule has 0 saturated heterocycles. The third kappa shape index (κ3) is 3.84. The van der Waals surface area contributed by atoms with Crippen LogP contribution in [0, 0.1) is 0 Å². The Hall–Kier alpha value is -3.61. The summed E-state index contributed by atoms with van der Waals surface area (Å²) in [6, 6.07) is 16.0. The summed E-state index contributed by atoms with van der Waals surface area (Å²) in [4.78, 5) is 19.6. The van der Waals surface area contributed by atoms with Gasteiger partial charge in [-0.25, -0.2) is 9.78 Å². The van der Waals surface area contributed by atoms with Gasteiger partial charge in [-0.15, -0.1) is 0 Å². The molecule has 0 atom stereocenters. The van der Waals surface area contributed by atoms with Gasteiger partial charge < -0.3 is 20.5 Å². The summed E-state index contributed by atoms with van der Waals surface area (Å²) in [5, 5.41) is 3.11. The van der Waals surface area contributed by atoms with Crippen molar-refractivity contribution >= 4 is 23.2 Å². The van der Waals surface area contributed by atoms with E-state index in [2.05, 4.69) is 20.0 Å². The highest BCUT2D eigenvalue weighted by Crippen LogP contribution is 2.30. The molecule has 0 aliphatic heterocycles. The van der Waals surface area contributed by atoms with Crippen molar-refractivity contribution in [3.63, 3.8) is 0 Å². The Morgan fingerprint density at radius 2 is 1.76 bits per heavy atom. The second kappa shape index (κ2) is 7.31. The molecule has 0 spiro atoms. The van der Waals surface area contributed by atoms with Gasteiger partial charge in [0.25, 0.3) is 0 Å². The fourth-order valence-corrected chi connectivity index (χ4v) is 2.11. The number of nitrogens with zero attached hydrogens (tertiary/aromatic N) is 2. The molecule has 0 saturated carbocycles. The quantitative estimate of drug-likeness (QED) is 0.689. The Morgan fingerprint density at radius 3 is 2.44 bits per heavy atom. The monoisotopic (exact) mass is 336 g/mol. The van der Waals surface area contributed by atoms with Gasteiger partial charge in [0.2, 0.25) is 5.88 Å². The maximum atomic E-state index is 11.4. The number of carbonyl (C=O) groups excluding carboxylic acids is 1. The number of ether oxygens (including phenoxy) is 2. The lowest BCUT2D eigenvalue weighted by molar-refractivity contribution is 0.0600. The molecule has 0 bridgehead atoms. The van der Waals surface area contributed by atoms with Gasteiger partial charge in [-0.3, -0.25) is 0 Å². The minimum Gasteiger partial charge on any atom is -0.465 e. The van der Waals surface area contributed by atoms with Crippen LogP contribution in [-0.4, -0.2) is 23.0 Å². The zero-order valence-corrected chi connectivity index (χ0v) is 13.5. The highest BCUT2D eigenvalue weighted by molar-refractivity contribution is 5.89. The standard InChI is InChI=1S/C18H16N4O3/c1-24-18(23)12-7-9-14(10-8-12)25-17-15(19)16(20-11-21-17)22-13-5-3-2-4-6-13/h2-11H,19H2,1H3,(H,20,21,22). The average Bonchev–Trinajstić information content (AvgIpc) is 2.66. The molecule has 0 aliphatic carbocycles. The fourth-order valence-electron chi connectivity index (χ4n) is 2.11. The van der Waals surface area contributed by atoms with Crippen molar-refractivity contribution < 1.29 is 14.3 Å². The molecular formula is C18H16N4O3. The number of hydrogen-bond acceptors (Lipinski definition) is 7. The first kappa shape index (κ1) is 16.3. The van der Waals surface area contributed by atoms with Crippen molar-refractivity contribution in [3.8, 4) is 11.6 Å². The van der Waals surface area contributed by atoms with E-state index >= 15 is 0 Å². The molecule has 126 valence electrons. The molecule has 0 aliphatic rings. The van der Waals surface area contributed by atoms with Crippen LogP contribution in [0.15, 0.2) is 60.9 Å². The van der Waals surface area contributed by atoms with Gasteiger partial charge >= 0.3 is 5.97 Å². The van der Waals surface area contributed by atoms with Crippen LogP contribution >= 0.6 is 0 Å². The molecule has 0 amide bonds. The number of nitrogen functional groups attached to an aromatic ring is 1. The Labute approximate surface area is 144 Å². The van der Waals surface area contributed by atoms with Gasteiger partial charge in [0.1, 0.15) is 17.8 Å². The van der Waals surface area contributed by atoms with Crippen molar-refractivity contribution in [3.05, 3.63) is 66.5 Å². The predicted octanol–water partition coefficient (Wildman–Crippen LogP) is 3.38. The van der Waals surface area contributed by atoms with Crippen molar-refractivity contribution in [2.24, 2.45) is 0 Å². The number of aromatic nitrogens is 2. The lowest BCUT2D eigenvalue weighted by Gasteiger charge is -2.12. The maximum absolute atomic E-state index is 11.4. The fraction of sp³-hybridized carbons (Fsp3) is 0.0556. The van der Waals surface area contributed by atoms with E-state index in [1.807, 2.05) is 30.3 Å². The number of hydrogen-bond donors (Lipinski definition) is 2. The molecule has 3 rings (SSSR count). The molecule has 1 aromatic heterocycles. The van der Waals surface area contributed by atoms with E-state index in [0.29, 0.717) is 17.1 Å². The molecule has 0 unspecified atom stereocenters. The molecule has 25 heavy (non-hydrogen) atoms. The van der Waals surface area contributed by atoms with E-state index in [4.69, 9.17) is 10.5 Å². The first-order chi connectivity index (χ1) is 12.2. The molecule has 3 N–H and O–H groups in total. The highest BCUT2D eigenvalue weighted by Gasteiger charge is 2.11. The van der Waals surface area contributed by atoms with Crippen LogP contribution in [-0.2, 0) is 4.74 Å². The number of methoxy groups -OCH3 is 1. The normalized spacial score (nSPS) is 10.1. The lowest BCUT2D eigenvalue weighted by atomic mass is 10.2. The lowest BCUT2D eigenvalue weighted by Crippen LogP contribution is -2.03. The Morgan fingerprint density at radius 1 is 1.04 bits per heavy atom. The first-order valence-electron chi connectivity index (χ1n) is 7.46. The number of anilines is 3. The van der Waals surface area contributed by atoms with E-state index in [1.165, 1.54) is 13.4 Å². The zero-order chi connectivity index (χ0) is 17.6. The summed E-state index contributed by atoms with van der Waals surface area (Å²) in [6.07, 6.45) is 1.36. The van der Waals surface area contributed by atoms with E-state index in [0.717, 1.165) is 5.69 Å². The van der Waals surface area contributed by atoms with E-state index < -0.39 is 5.97 Å². The van der Waals surface area contributed by atoms with Crippen LogP contribution in [0.2, 0.25) is 0 Å². The first-order valence-corrected chi connectivity index (χ1v) is 7.46. The number of rotatable bonds is 5. The van der Waals surface area contributed by atoms with Gasteiger partial charge in [0.15, 0.2) is 5.82 Å². The van der Waals surface area contributed by atoms with Crippen molar-refractivity contribution in [1.29, 1.82) is 0 Å². The van der Waals surface area contributed by atoms with Crippen molar-refractivity contribution in [1.82, 2.24) is 9.97 Å². The van der Waals surface area contributed by atoms with Crippen LogP contribution in [0.3, 0.4) is 0 Å². The number of para-hydroxylation sites is 1. The van der Waals surface area contributed by atoms with Crippen LogP contribution in [0.4, 0.5) is 17.2 Å². The topological polar surface area (TPSA) is 99.4 Å². The van der Waals surface area contributed by atoms with E-state index in [9.17, 15) is 4.79 Å². The zero-order valence-electron chi connectivity index (χ0n) is 13.5. The molecule has 7 heteroatoms. The van der Waals surface area contributed by atoms with Crippen LogP contribution in [0.1, 0.15) is 10.4 Å². The van der Waals surface area contributed by atoms with Gasteiger partial charge in [-0.1, -0.05) is 18.2 Å². The summed E-state index contributed by atoms with van der Waals surface area (Å²) < 4.78 is 10.3. The predicted molar refractivity (Wildman–Crippen MR) is 94.0 cm³/mol. The Bertz CT molecular complexity index is 867. The average molecular weight is 336 g/mol. The van der Waals surface area contributed by atoms with Crippen LogP contribution in [0.5, 0.6) is 11.6 Å². The SMILES string of the molecule is COC(=O)c1ccc(Oc2ncnc(Nc3ccccc3)c2N)cc1. The van der Waals surface area contributed by atoms with E-state index in [-0.39, 0.29) is 11.6 Å². The van der Waals surface area contributed by atoms with Gasteiger partial charge in [-0.2, -0.15) is 4.98 Å². The third-order valence-electron chi connectivity index (χ3n) is 3.37. The third-order valence-corrected chi connectivity index (χ3v) is 3.37. The van der Waals surface area contributed by atoms with E-state index in [1.54, 1.807) is 24.3 Å². The number of nitrogens with two attached hydrogens (primary N) is 1. The van der Waals surface area contributed by atoms with Gasteiger partial charge in [0.05, 0.1) is 12.7 Å². The molecule has 0 radical (unpaired) electrons. The summed E-state index contributed by atoms with van der Waals surface area (Å²) in [5.74, 6) is 0.743. The number of nitrogens with one attached hydrogen (secondary N) is 1. The number of benzene rings is 2. The van der Waals surface area contributed by atoms with Gasteiger partial charge in [-0.05, 0) is 36.4 Å². The minimum absolute atomic E-state index is 0.222. The van der Waals surface area contributed by atoms with Crippen LogP contribution < -0.4 is 15.8 Å². The second-order valence-electron chi connectivity index (χ2n) is 5.05. The summed E-state index contributed by atoms with van der Waals surface area (Å²) >= 11 is 0. The van der Waals surface area contributed by atoms with Gasteiger partial charge in [0, 0.05) is 5.69 Å². The molecule has 0 fully saturated rings. The highest BCUT2D eigenvalue weighted by atomic mass is 16.5. The minimum atomic E-state index is -0.414. The molecule has 3 aromatic rings. The summed E-state index contributed by atoms with van der Waals surface area (Å²) in [7, 11) is 1.33. The van der Waals surface area contributed by atoms with Crippen LogP contribution in [0.25, 0.3) is 0 Å². The number of carbonyl (C=O) groups is 1. The molecule has 1 heterocycles. The summed E-state index contributed by atoms with van der Waals surface area (Å²) in [5.41, 5.74) is 7.65. The Balaban J connectivity index is 1.79. The summed E-state index contributed by atoms with van der Waals surface area (Å²) in [6.45, 7) is 0. The second-order valence-corrected chi connectivity index (χ2v) is 5.05. The largest absolute Gasteiger partial charge is 0.465 e. The molecule has 2 aromatic carbocycles. The maximum Gasteiger partial charge on any atom is 0.337 e. The van der Waals surface area contributed by atoms with Crippen molar-refractivity contribution in [2.75, 3.05) is 18.2 Å². The molecule has 7 nitrogen and oxygen atoms in total. The van der Waals surface area contributed by atoms with Crippen molar-refractivity contribution in [2.45, 2.75) is 0 Å². The molecular weight excluding hydrogens is 320 g/mol. The Kier molecular flexibility index (Phi) is 4.75. The smallest absolute Gasteiger partial charge is 0.337 e.